The van der Waals surface area contributed by atoms with E-state index in [0.717, 1.165) is 24.8 Å². The molecule has 156 valence electrons. The number of ether oxygens (including phenoxy) is 2. The highest BCUT2D eigenvalue weighted by Crippen LogP contribution is 2.48. The Kier molecular flexibility index (Phi) is 5.31. The summed E-state index contributed by atoms with van der Waals surface area (Å²) in [5.74, 6) is -2.01. The molecule has 8 heteroatoms. The van der Waals surface area contributed by atoms with E-state index >= 15 is 0 Å². The Bertz CT molecular complexity index is 920. The third-order valence-electron chi connectivity index (χ3n) is 6.46. The number of amides is 1. The molecule has 1 aromatic rings. The zero-order valence-electron chi connectivity index (χ0n) is 16.7. The van der Waals surface area contributed by atoms with Crippen molar-refractivity contribution in [3.63, 3.8) is 0 Å². The monoisotopic (exact) mass is 402 g/mol. The highest BCUT2D eigenvalue weighted by Gasteiger charge is 2.57. The van der Waals surface area contributed by atoms with Gasteiger partial charge in [0, 0.05) is 37.4 Å². The van der Waals surface area contributed by atoms with Gasteiger partial charge in [0.15, 0.2) is 0 Å². The molecule has 2 bridgehead atoms. The second-order valence-corrected chi connectivity index (χ2v) is 7.85. The Balaban J connectivity index is 1.85. The van der Waals surface area contributed by atoms with Crippen molar-refractivity contribution < 1.29 is 24.2 Å². The molecule has 0 unspecified atom stereocenters. The van der Waals surface area contributed by atoms with E-state index in [9.17, 15) is 19.5 Å². The normalized spacial score (nSPS) is 27.6. The van der Waals surface area contributed by atoms with Crippen LogP contribution in [0.3, 0.4) is 0 Å². The molecule has 1 N–H and O–H groups in total. The minimum Gasteiger partial charge on any atom is -0.469 e. The fraction of sp³-hybridized carbons (Fsp3) is 0.571. The number of methoxy groups -OCH3 is 2. The van der Waals surface area contributed by atoms with Gasteiger partial charge >= 0.3 is 5.97 Å². The third kappa shape index (κ3) is 3.02. The van der Waals surface area contributed by atoms with Crippen LogP contribution >= 0.6 is 0 Å². The molecule has 2 aliphatic heterocycles. The first-order chi connectivity index (χ1) is 14.0. The van der Waals surface area contributed by atoms with Crippen molar-refractivity contribution in [1.82, 2.24) is 9.47 Å². The largest absolute Gasteiger partial charge is 0.469 e. The van der Waals surface area contributed by atoms with Crippen molar-refractivity contribution in [1.29, 1.82) is 0 Å². The van der Waals surface area contributed by atoms with Crippen LogP contribution in [0.1, 0.15) is 36.6 Å². The maximum Gasteiger partial charge on any atom is 0.311 e. The van der Waals surface area contributed by atoms with Gasteiger partial charge < -0.3 is 24.0 Å². The van der Waals surface area contributed by atoms with Crippen molar-refractivity contribution in [3.8, 4) is 0 Å². The van der Waals surface area contributed by atoms with E-state index in [2.05, 4.69) is 6.08 Å². The van der Waals surface area contributed by atoms with Gasteiger partial charge in [-0.1, -0.05) is 6.08 Å². The molecule has 1 amide bonds. The van der Waals surface area contributed by atoms with Crippen molar-refractivity contribution >= 4 is 17.4 Å². The number of aliphatic hydroxyl groups is 1. The minimum absolute atomic E-state index is 0.105. The predicted molar refractivity (Wildman–Crippen MR) is 104 cm³/mol. The van der Waals surface area contributed by atoms with Crippen LogP contribution in [-0.2, 0) is 25.6 Å². The number of aliphatic hydroxyl groups excluding tert-OH is 1. The summed E-state index contributed by atoms with van der Waals surface area (Å²) >= 11 is 0. The summed E-state index contributed by atoms with van der Waals surface area (Å²) in [5, 5.41) is 10.1. The van der Waals surface area contributed by atoms with Gasteiger partial charge in [0.2, 0.25) is 5.91 Å². The maximum atomic E-state index is 13.3. The van der Waals surface area contributed by atoms with Crippen LogP contribution in [0, 0.1) is 11.8 Å². The molecule has 4 atom stereocenters. The van der Waals surface area contributed by atoms with E-state index in [4.69, 9.17) is 9.47 Å². The Morgan fingerprint density at radius 2 is 2.07 bits per heavy atom. The highest BCUT2D eigenvalue weighted by atomic mass is 16.5. The summed E-state index contributed by atoms with van der Waals surface area (Å²) in [7, 11) is 2.73. The average molecular weight is 402 g/mol. The highest BCUT2D eigenvalue weighted by molar-refractivity contribution is 5.82. The van der Waals surface area contributed by atoms with Crippen LogP contribution in [0.25, 0.3) is 5.57 Å². The summed E-state index contributed by atoms with van der Waals surface area (Å²) in [6.45, 7) is -0.174. The molecular weight excluding hydrogens is 376 g/mol. The summed E-state index contributed by atoms with van der Waals surface area (Å²) < 4.78 is 11.7. The van der Waals surface area contributed by atoms with Crippen LogP contribution < -0.4 is 5.56 Å². The van der Waals surface area contributed by atoms with Crippen LogP contribution in [-0.4, -0.2) is 59.9 Å². The molecule has 3 aliphatic rings. The van der Waals surface area contributed by atoms with Crippen molar-refractivity contribution in [3.05, 3.63) is 39.8 Å². The fourth-order valence-electron chi connectivity index (χ4n) is 5.21. The zero-order valence-corrected chi connectivity index (χ0v) is 16.7. The second-order valence-electron chi connectivity index (χ2n) is 7.85. The van der Waals surface area contributed by atoms with E-state index in [-0.39, 0.29) is 31.2 Å². The molecule has 0 spiro atoms. The number of aromatic nitrogens is 1. The van der Waals surface area contributed by atoms with Crippen LogP contribution in [0.15, 0.2) is 23.0 Å². The number of nitrogens with zero attached hydrogens (tertiary/aromatic N) is 2. The van der Waals surface area contributed by atoms with Gasteiger partial charge in [0.05, 0.1) is 25.1 Å². The molecule has 0 aromatic carbocycles. The molecule has 8 nitrogen and oxygen atoms in total. The van der Waals surface area contributed by atoms with Gasteiger partial charge in [-0.05, 0) is 37.0 Å². The minimum atomic E-state index is -0.736. The number of esters is 1. The first kappa shape index (κ1) is 19.8. The lowest BCUT2D eigenvalue weighted by atomic mass is 9.87. The Labute approximate surface area is 168 Å². The number of rotatable bonds is 5. The van der Waals surface area contributed by atoms with E-state index in [1.165, 1.54) is 14.2 Å². The average Bonchev–Trinajstić information content (AvgIpc) is 3.32. The summed E-state index contributed by atoms with van der Waals surface area (Å²) in [6.07, 6.45) is 4.99. The standard InChI is InChI=1S/C21H26N2O6/c1-28-11-17(25)23-16-9-22-15(19(23)18(14(16)10-24)21(27)29-2)8-7-13(20(22)26)12-5-3-4-6-12/h5,7-8,14,16,18-19,24H,3-4,6,9-11H2,1-2H3/t14-,16-,18+,19+/m0/s1. The topological polar surface area (TPSA) is 98.1 Å². The quantitative estimate of drug-likeness (QED) is 0.729. The summed E-state index contributed by atoms with van der Waals surface area (Å²) in [5.41, 5.74) is 2.23. The summed E-state index contributed by atoms with van der Waals surface area (Å²) in [6, 6.07) is 2.49. The lowest BCUT2D eigenvalue weighted by Crippen LogP contribution is -2.50. The van der Waals surface area contributed by atoms with Gasteiger partial charge in [-0.2, -0.15) is 0 Å². The number of carbonyl (C=O) groups excluding carboxylic acids is 2. The van der Waals surface area contributed by atoms with E-state index in [1.807, 2.05) is 6.07 Å². The van der Waals surface area contributed by atoms with E-state index in [1.54, 1.807) is 15.5 Å². The SMILES string of the molecule is COCC(=O)N1[C@@H]2c3ccc(C4=CCCC4)c(=O)n3C[C@H]1[C@H](CO)[C@H]2C(=O)OC. The number of hydrogen-bond acceptors (Lipinski definition) is 6. The molecule has 1 saturated heterocycles. The summed E-state index contributed by atoms with van der Waals surface area (Å²) in [4.78, 5) is 40.3. The van der Waals surface area contributed by atoms with Crippen LogP contribution in [0.2, 0.25) is 0 Å². The lowest BCUT2D eigenvalue weighted by molar-refractivity contribution is -0.149. The number of carbonyl (C=O) groups is 2. The molecule has 1 aromatic heterocycles. The molecular formula is C21H26N2O6. The molecule has 0 saturated carbocycles. The van der Waals surface area contributed by atoms with Crippen LogP contribution in [0.4, 0.5) is 0 Å². The molecule has 0 radical (unpaired) electrons. The number of allylic oxidation sites excluding steroid dienone is 2. The first-order valence-electron chi connectivity index (χ1n) is 9.95. The molecule has 4 rings (SSSR count). The zero-order chi connectivity index (χ0) is 20.7. The lowest BCUT2D eigenvalue weighted by Gasteiger charge is -2.38. The van der Waals surface area contributed by atoms with Gasteiger partial charge in [-0.15, -0.1) is 0 Å². The van der Waals surface area contributed by atoms with Gasteiger partial charge in [0.1, 0.15) is 6.61 Å². The van der Waals surface area contributed by atoms with E-state index < -0.39 is 29.9 Å². The first-order valence-corrected chi connectivity index (χ1v) is 9.95. The molecule has 1 aliphatic carbocycles. The Morgan fingerprint density at radius 3 is 2.69 bits per heavy atom. The van der Waals surface area contributed by atoms with Gasteiger partial charge in [-0.25, -0.2) is 0 Å². The molecule has 1 fully saturated rings. The van der Waals surface area contributed by atoms with Gasteiger partial charge in [-0.3, -0.25) is 14.4 Å². The van der Waals surface area contributed by atoms with E-state index in [0.29, 0.717) is 11.3 Å². The Hall–Kier alpha value is -2.45. The predicted octanol–water partition coefficient (Wildman–Crippen LogP) is 0.725. The van der Waals surface area contributed by atoms with Crippen molar-refractivity contribution in [2.24, 2.45) is 11.8 Å². The molecule has 29 heavy (non-hydrogen) atoms. The van der Waals surface area contributed by atoms with Crippen molar-refractivity contribution in [2.45, 2.75) is 37.9 Å². The van der Waals surface area contributed by atoms with Crippen molar-refractivity contribution in [2.75, 3.05) is 27.4 Å². The maximum absolute atomic E-state index is 13.3. The van der Waals surface area contributed by atoms with Crippen LogP contribution in [0.5, 0.6) is 0 Å². The number of fused-ring (bicyclic) bond motifs is 4. The fourth-order valence-corrected chi connectivity index (χ4v) is 5.21. The number of pyridine rings is 1. The Morgan fingerprint density at radius 1 is 1.28 bits per heavy atom. The number of hydrogen-bond donors (Lipinski definition) is 1. The molecule has 3 heterocycles. The third-order valence-corrected chi connectivity index (χ3v) is 6.46. The second kappa shape index (κ2) is 7.76. The smallest absolute Gasteiger partial charge is 0.311 e. The van der Waals surface area contributed by atoms with Gasteiger partial charge in [0.25, 0.3) is 5.56 Å².